The SMILES string of the molecule is CC(C)C(C)(C(=O)O)c1ccc(CBr)cc1. The summed E-state index contributed by atoms with van der Waals surface area (Å²) >= 11 is 3.37. The van der Waals surface area contributed by atoms with E-state index in [9.17, 15) is 9.90 Å². The first-order valence-corrected chi connectivity index (χ1v) is 6.43. The van der Waals surface area contributed by atoms with Crippen LogP contribution in [-0.2, 0) is 15.5 Å². The van der Waals surface area contributed by atoms with Gasteiger partial charge in [-0.1, -0.05) is 54.0 Å². The number of hydrogen-bond acceptors (Lipinski definition) is 1. The molecule has 1 aromatic rings. The Kier molecular flexibility index (Phi) is 4.14. The fourth-order valence-electron chi connectivity index (χ4n) is 1.64. The summed E-state index contributed by atoms with van der Waals surface area (Å²) < 4.78 is 0. The van der Waals surface area contributed by atoms with Gasteiger partial charge in [0.25, 0.3) is 0 Å². The minimum absolute atomic E-state index is 0.0554. The molecule has 0 heterocycles. The van der Waals surface area contributed by atoms with E-state index >= 15 is 0 Å². The molecule has 16 heavy (non-hydrogen) atoms. The number of alkyl halides is 1. The number of halogens is 1. The molecule has 0 fully saturated rings. The molecule has 0 spiro atoms. The van der Waals surface area contributed by atoms with Crippen LogP contribution in [0.2, 0.25) is 0 Å². The van der Waals surface area contributed by atoms with Gasteiger partial charge in [0.2, 0.25) is 0 Å². The van der Waals surface area contributed by atoms with E-state index in [2.05, 4.69) is 15.9 Å². The van der Waals surface area contributed by atoms with Gasteiger partial charge in [-0.3, -0.25) is 4.79 Å². The van der Waals surface area contributed by atoms with Crippen LogP contribution >= 0.6 is 15.9 Å². The van der Waals surface area contributed by atoms with Gasteiger partial charge in [-0.2, -0.15) is 0 Å². The molecule has 0 aliphatic rings. The highest BCUT2D eigenvalue weighted by molar-refractivity contribution is 9.08. The van der Waals surface area contributed by atoms with Crippen LogP contribution in [0.3, 0.4) is 0 Å². The first-order chi connectivity index (χ1) is 7.42. The standard InChI is InChI=1S/C13H17BrO2/c1-9(2)13(3,12(15)16)11-6-4-10(8-14)5-7-11/h4-7,9H,8H2,1-3H3,(H,15,16). The second-order valence-corrected chi connectivity index (χ2v) is 5.05. The Morgan fingerprint density at radius 3 is 2.19 bits per heavy atom. The number of benzene rings is 1. The van der Waals surface area contributed by atoms with Crippen molar-refractivity contribution in [3.63, 3.8) is 0 Å². The lowest BCUT2D eigenvalue weighted by atomic mass is 9.73. The van der Waals surface area contributed by atoms with E-state index in [0.29, 0.717) is 0 Å². The lowest BCUT2D eigenvalue weighted by Gasteiger charge is -2.29. The highest BCUT2D eigenvalue weighted by atomic mass is 79.9. The predicted molar refractivity (Wildman–Crippen MR) is 68.9 cm³/mol. The van der Waals surface area contributed by atoms with E-state index in [-0.39, 0.29) is 5.92 Å². The molecule has 0 saturated carbocycles. The monoisotopic (exact) mass is 284 g/mol. The lowest BCUT2D eigenvalue weighted by molar-refractivity contribution is -0.145. The second kappa shape index (κ2) is 5.00. The van der Waals surface area contributed by atoms with Crippen LogP contribution in [0.5, 0.6) is 0 Å². The molecule has 0 aromatic heterocycles. The molecular weight excluding hydrogens is 268 g/mol. The molecule has 0 aliphatic carbocycles. The molecule has 0 saturated heterocycles. The van der Waals surface area contributed by atoms with Crippen LogP contribution in [-0.4, -0.2) is 11.1 Å². The molecule has 0 aliphatic heterocycles. The molecule has 0 amide bonds. The van der Waals surface area contributed by atoms with Crippen molar-refractivity contribution in [2.75, 3.05) is 0 Å². The lowest BCUT2D eigenvalue weighted by Crippen LogP contribution is -2.37. The topological polar surface area (TPSA) is 37.3 Å². The van der Waals surface area contributed by atoms with Gasteiger partial charge < -0.3 is 5.11 Å². The van der Waals surface area contributed by atoms with Crippen molar-refractivity contribution in [2.45, 2.75) is 31.5 Å². The molecule has 0 radical (unpaired) electrons. The Hall–Kier alpha value is -0.830. The van der Waals surface area contributed by atoms with Gasteiger partial charge in [-0.05, 0) is 24.0 Å². The zero-order valence-corrected chi connectivity index (χ0v) is 11.4. The highest BCUT2D eigenvalue weighted by Gasteiger charge is 2.38. The number of carboxylic acids is 1. The molecule has 1 unspecified atom stereocenters. The zero-order valence-electron chi connectivity index (χ0n) is 9.83. The Bertz CT molecular complexity index is 370. The Labute approximate surface area is 105 Å². The number of carboxylic acid groups (broad SMARTS) is 1. The van der Waals surface area contributed by atoms with Crippen LogP contribution in [0.1, 0.15) is 31.9 Å². The number of aliphatic carboxylic acids is 1. The summed E-state index contributed by atoms with van der Waals surface area (Å²) in [7, 11) is 0. The molecule has 1 N–H and O–H groups in total. The van der Waals surface area contributed by atoms with Crippen molar-refractivity contribution in [3.05, 3.63) is 35.4 Å². The van der Waals surface area contributed by atoms with Gasteiger partial charge in [0.05, 0.1) is 5.41 Å². The van der Waals surface area contributed by atoms with E-state index in [0.717, 1.165) is 16.5 Å². The number of hydrogen-bond donors (Lipinski definition) is 1. The maximum Gasteiger partial charge on any atom is 0.314 e. The average Bonchev–Trinajstić information content (AvgIpc) is 2.27. The third-order valence-corrected chi connectivity index (χ3v) is 3.95. The van der Waals surface area contributed by atoms with Crippen LogP contribution in [0.15, 0.2) is 24.3 Å². The van der Waals surface area contributed by atoms with Crippen molar-refractivity contribution in [2.24, 2.45) is 5.92 Å². The van der Waals surface area contributed by atoms with Crippen molar-refractivity contribution < 1.29 is 9.90 Å². The number of rotatable bonds is 4. The normalized spacial score (nSPS) is 14.8. The van der Waals surface area contributed by atoms with E-state index in [4.69, 9.17) is 0 Å². The van der Waals surface area contributed by atoms with Crippen molar-refractivity contribution in [1.29, 1.82) is 0 Å². The fraction of sp³-hybridized carbons (Fsp3) is 0.462. The van der Waals surface area contributed by atoms with Gasteiger partial charge in [-0.25, -0.2) is 0 Å². The van der Waals surface area contributed by atoms with Crippen LogP contribution in [0.25, 0.3) is 0 Å². The van der Waals surface area contributed by atoms with E-state index in [1.807, 2.05) is 38.1 Å². The van der Waals surface area contributed by atoms with Gasteiger partial charge in [0.1, 0.15) is 0 Å². The molecule has 1 aromatic carbocycles. The third-order valence-electron chi connectivity index (χ3n) is 3.31. The first kappa shape index (κ1) is 13.2. The summed E-state index contributed by atoms with van der Waals surface area (Å²) in [4.78, 5) is 11.4. The van der Waals surface area contributed by atoms with E-state index < -0.39 is 11.4 Å². The summed E-state index contributed by atoms with van der Waals surface area (Å²) in [6.07, 6.45) is 0. The summed E-state index contributed by atoms with van der Waals surface area (Å²) in [5, 5.41) is 10.2. The van der Waals surface area contributed by atoms with Crippen LogP contribution < -0.4 is 0 Å². The van der Waals surface area contributed by atoms with E-state index in [1.54, 1.807) is 6.92 Å². The van der Waals surface area contributed by atoms with Crippen molar-refractivity contribution >= 4 is 21.9 Å². The second-order valence-electron chi connectivity index (χ2n) is 4.49. The predicted octanol–water partition coefficient (Wildman–Crippen LogP) is 3.58. The van der Waals surface area contributed by atoms with Crippen LogP contribution in [0.4, 0.5) is 0 Å². The molecule has 3 heteroatoms. The fourth-order valence-corrected chi connectivity index (χ4v) is 2.02. The largest absolute Gasteiger partial charge is 0.481 e. The molecule has 88 valence electrons. The molecular formula is C13H17BrO2. The van der Waals surface area contributed by atoms with Crippen molar-refractivity contribution in [3.8, 4) is 0 Å². The van der Waals surface area contributed by atoms with Crippen LogP contribution in [0, 0.1) is 5.92 Å². The summed E-state index contributed by atoms with van der Waals surface area (Å²) in [5.41, 5.74) is 1.20. The number of carbonyl (C=O) groups is 1. The zero-order chi connectivity index (χ0) is 12.3. The first-order valence-electron chi connectivity index (χ1n) is 5.31. The molecule has 1 atom stereocenters. The Balaban J connectivity index is 3.17. The van der Waals surface area contributed by atoms with Gasteiger partial charge in [-0.15, -0.1) is 0 Å². The molecule has 1 rings (SSSR count). The smallest absolute Gasteiger partial charge is 0.314 e. The molecule has 0 bridgehead atoms. The quantitative estimate of drug-likeness (QED) is 0.858. The maximum absolute atomic E-state index is 11.4. The minimum atomic E-state index is -0.815. The Morgan fingerprint density at radius 2 is 1.88 bits per heavy atom. The molecule has 2 nitrogen and oxygen atoms in total. The minimum Gasteiger partial charge on any atom is -0.481 e. The van der Waals surface area contributed by atoms with Gasteiger partial charge in [0, 0.05) is 5.33 Å². The summed E-state index contributed by atoms with van der Waals surface area (Å²) in [6.45, 7) is 5.65. The summed E-state index contributed by atoms with van der Waals surface area (Å²) in [5.74, 6) is -0.714. The Morgan fingerprint density at radius 1 is 1.38 bits per heavy atom. The van der Waals surface area contributed by atoms with Gasteiger partial charge >= 0.3 is 5.97 Å². The van der Waals surface area contributed by atoms with Crippen molar-refractivity contribution in [1.82, 2.24) is 0 Å². The van der Waals surface area contributed by atoms with Gasteiger partial charge in [0.15, 0.2) is 0 Å². The van der Waals surface area contributed by atoms with E-state index in [1.165, 1.54) is 0 Å². The average molecular weight is 285 g/mol. The summed E-state index contributed by atoms with van der Waals surface area (Å²) in [6, 6.07) is 7.75. The third kappa shape index (κ3) is 2.29. The maximum atomic E-state index is 11.4. The highest BCUT2D eigenvalue weighted by Crippen LogP contribution is 2.32.